The Morgan fingerprint density at radius 3 is 3.00 bits per heavy atom. The monoisotopic (exact) mass is 165 g/mol. The smallest absolute Gasteiger partial charge is 0.00440 e. The molecule has 1 saturated heterocycles. The lowest BCUT2D eigenvalue weighted by atomic mass is 9.76. The predicted molar refractivity (Wildman–Crippen MR) is 52.0 cm³/mol. The van der Waals surface area contributed by atoms with Gasteiger partial charge < -0.3 is 4.90 Å². The standard InChI is InChI=1S/C11H19N/c1-9-3-4-11-8-12(2)6-5-10(11)7-9/h3-4,9-11H,5-8H2,1-2H3/t9-,10-,11-/m0/s1. The van der Waals surface area contributed by atoms with Gasteiger partial charge in [-0.05, 0) is 44.2 Å². The van der Waals surface area contributed by atoms with Crippen molar-refractivity contribution in [3.8, 4) is 0 Å². The largest absolute Gasteiger partial charge is 0.306 e. The summed E-state index contributed by atoms with van der Waals surface area (Å²) in [5.41, 5.74) is 0. The van der Waals surface area contributed by atoms with Crippen molar-refractivity contribution in [1.82, 2.24) is 4.90 Å². The highest BCUT2D eigenvalue weighted by atomic mass is 15.1. The van der Waals surface area contributed by atoms with Crippen LogP contribution >= 0.6 is 0 Å². The van der Waals surface area contributed by atoms with Crippen LogP contribution in [0.3, 0.4) is 0 Å². The van der Waals surface area contributed by atoms with Crippen LogP contribution in [0.15, 0.2) is 12.2 Å². The molecule has 0 aromatic heterocycles. The summed E-state index contributed by atoms with van der Waals surface area (Å²) in [6.45, 7) is 4.93. The Labute approximate surface area is 75.4 Å². The number of hydrogen-bond donors (Lipinski definition) is 0. The molecular formula is C11H19N. The molecule has 1 fully saturated rings. The second kappa shape index (κ2) is 3.21. The lowest BCUT2D eigenvalue weighted by Gasteiger charge is -2.38. The van der Waals surface area contributed by atoms with Crippen LogP contribution in [0.2, 0.25) is 0 Å². The van der Waals surface area contributed by atoms with Gasteiger partial charge in [0.2, 0.25) is 0 Å². The molecule has 0 aromatic carbocycles. The van der Waals surface area contributed by atoms with E-state index in [1.54, 1.807) is 0 Å². The van der Waals surface area contributed by atoms with Crippen LogP contribution in [0.5, 0.6) is 0 Å². The molecule has 1 aliphatic heterocycles. The van der Waals surface area contributed by atoms with E-state index in [1.807, 2.05) is 0 Å². The van der Waals surface area contributed by atoms with Gasteiger partial charge in [0.25, 0.3) is 0 Å². The van der Waals surface area contributed by atoms with Crippen LogP contribution in [0.1, 0.15) is 19.8 Å². The average Bonchev–Trinajstić information content (AvgIpc) is 2.05. The molecule has 3 atom stereocenters. The second-order valence-electron chi connectivity index (χ2n) is 4.57. The number of fused-ring (bicyclic) bond motifs is 1. The molecule has 0 N–H and O–H groups in total. The fourth-order valence-corrected chi connectivity index (χ4v) is 2.60. The van der Waals surface area contributed by atoms with Gasteiger partial charge in [0, 0.05) is 6.54 Å². The van der Waals surface area contributed by atoms with E-state index < -0.39 is 0 Å². The Kier molecular flexibility index (Phi) is 2.22. The Balaban J connectivity index is 2.04. The molecule has 1 heterocycles. The summed E-state index contributed by atoms with van der Waals surface area (Å²) < 4.78 is 0. The van der Waals surface area contributed by atoms with Crippen molar-refractivity contribution in [2.75, 3.05) is 20.1 Å². The summed E-state index contributed by atoms with van der Waals surface area (Å²) in [6.07, 6.45) is 7.69. The number of likely N-dealkylation sites (tertiary alicyclic amines) is 1. The maximum Gasteiger partial charge on any atom is 0.00440 e. The first kappa shape index (κ1) is 8.31. The highest BCUT2D eigenvalue weighted by Crippen LogP contribution is 2.33. The zero-order chi connectivity index (χ0) is 8.55. The molecule has 12 heavy (non-hydrogen) atoms. The predicted octanol–water partition coefficient (Wildman–Crippen LogP) is 2.15. The third-order valence-corrected chi connectivity index (χ3v) is 3.37. The molecular weight excluding hydrogens is 146 g/mol. The van der Waals surface area contributed by atoms with E-state index in [0.29, 0.717) is 0 Å². The SMILES string of the molecule is C[C@H]1C=C[C@H]2CN(C)CC[C@H]2C1. The summed E-state index contributed by atoms with van der Waals surface area (Å²) in [7, 11) is 2.24. The zero-order valence-corrected chi connectivity index (χ0v) is 8.16. The molecule has 2 rings (SSSR count). The van der Waals surface area contributed by atoms with E-state index in [9.17, 15) is 0 Å². The van der Waals surface area contributed by atoms with E-state index in [4.69, 9.17) is 0 Å². The van der Waals surface area contributed by atoms with Gasteiger partial charge in [0.15, 0.2) is 0 Å². The Morgan fingerprint density at radius 1 is 1.33 bits per heavy atom. The molecule has 0 bridgehead atoms. The molecule has 0 spiro atoms. The van der Waals surface area contributed by atoms with Gasteiger partial charge in [-0.15, -0.1) is 0 Å². The van der Waals surface area contributed by atoms with Gasteiger partial charge in [0.1, 0.15) is 0 Å². The third-order valence-electron chi connectivity index (χ3n) is 3.37. The fourth-order valence-electron chi connectivity index (χ4n) is 2.60. The molecule has 0 aromatic rings. The molecule has 2 aliphatic rings. The van der Waals surface area contributed by atoms with Crippen molar-refractivity contribution in [3.05, 3.63) is 12.2 Å². The Morgan fingerprint density at radius 2 is 2.17 bits per heavy atom. The van der Waals surface area contributed by atoms with Crippen molar-refractivity contribution in [2.24, 2.45) is 17.8 Å². The van der Waals surface area contributed by atoms with Gasteiger partial charge in [-0.1, -0.05) is 19.1 Å². The van der Waals surface area contributed by atoms with E-state index in [0.717, 1.165) is 17.8 Å². The molecule has 0 amide bonds. The minimum atomic E-state index is 0.828. The summed E-state index contributed by atoms with van der Waals surface area (Å²) in [4.78, 5) is 2.46. The van der Waals surface area contributed by atoms with Gasteiger partial charge >= 0.3 is 0 Å². The topological polar surface area (TPSA) is 3.24 Å². The van der Waals surface area contributed by atoms with Gasteiger partial charge in [-0.3, -0.25) is 0 Å². The van der Waals surface area contributed by atoms with E-state index in [2.05, 4.69) is 31.0 Å². The minimum absolute atomic E-state index is 0.828. The normalized spacial score (nSPS) is 42.7. The maximum absolute atomic E-state index is 2.46. The van der Waals surface area contributed by atoms with Crippen LogP contribution in [0.4, 0.5) is 0 Å². The van der Waals surface area contributed by atoms with Crippen molar-refractivity contribution in [3.63, 3.8) is 0 Å². The summed E-state index contributed by atoms with van der Waals surface area (Å²) in [5.74, 6) is 2.68. The van der Waals surface area contributed by atoms with Gasteiger partial charge in [0.05, 0.1) is 0 Å². The Hall–Kier alpha value is -0.300. The first-order chi connectivity index (χ1) is 5.75. The lowest BCUT2D eigenvalue weighted by Crippen LogP contribution is -2.38. The van der Waals surface area contributed by atoms with Crippen molar-refractivity contribution < 1.29 is 0 Å². The van der Waals surface area contributed by atoms with Gasteiger partial charge in [-0.25, -0.2) is 0 Å². The van der Waals surface area contributed by atoms with E-state index in [1.165, 1.54) is 25.9 Å². The van der Waals surface area contributed by atoms with Crippen LogP contribution < -0.4 is 0 Å². The summed E-state index contributed by atoms with van der Waals surface area (Å²) >= 11 is 0. The van der Waals surface area contributed by atoms with Crippen LogP contribution in [-0.4, -0.2) is 25.0 Å². The fraction of sp³-hybridized carbons (Fsp3) is 0.818. The van der Waals surface area contributed by atoms with Crippen molar-refractivity contribution in [1.29, 1.82) is 0 Å². The number of rotatable bonds is 0. The van der Waals surface area contributed by atoms with E-state index in [-0.39, 0.29) is 0 Å². The first-order valence-corrected chi connectivity index (χ1v) is 5.12. The number of allylic oxidation sites excluding steroid dienone is 1. The summed E-state index contributed by atoms with van der Waals surface area (Å²) in [6, 6.07) is 0. The average molecular weight is 165 g/mol. The van der Waals surface area contributed by atoms with Crippen molar-refractivity contribution >= 4 is 0 Å². The summed E-state index contributed by atoms with van der Waals surface area (Å²) in [5, 5.41) is 0. The molecule has 0 unspecified atom stereocenters. The van der Waals surface area contributed by atoms with Crippen molar-refractivity contribution in [2.45, 2.75) is 19.8 Å². The lowest BCUT2D eigenvalue weighted by molar-refractivity contribution is 0.150. The molecule has 1 heteroatoms. The van der Waals surface area contributed by atoms with Gasteiger partial charge in [-0.2, -0.15) is 0 Å². The first-order valence-electron chi connectivity index (χ1n) is 5.12. The molecule has 1 nitrogen and oxygen atoms in total. The van der Waals surface area contributed by atoms with Crippen LogP contribution in [-0.2, 0) is 0 Å². The second-order valence-corrected chi connectivity index (χ2v) is 4.57. The molecule has 68 valence electrons. The Bertz CT molecular complexity index is 185. The number of piperidine rings is 1. The van der Waals surface area contributed by atoms with E-state index >= 15 is 0 Å². The van der Waals surface area contributed by atoms with Crippen LogP contribution in [0.25, 0.3) is 0 Å². The van der Waals surface area contributed by atoms with Crippen LogP contribution in [0, 0.1) is 17.8 Å². The highest BCUT2D eigenvalue weighted by Gasteiger charge is 2.28. The minimum Gasteiger partial charge on any atom is -0.306 e. The number of nitrogens with zero attached hydrogens (tertiary/aromatic N) is 1. The third kappa shape index (κ3) is 1.56. The zero-order valence-electron chi connectivity index (χ0n) is 8.16. The highest BCUT2D eigenvalue weighted by molar-refractivity contribution is 5.02. The molecule has 1 aliphatic carbocycles. The molecule has 0 saturated carbocycles. The number of hydrogen-bond acceptors (Lipinski definition) is 1. The maximum atomic E-state index is 2.46. The quantitative estimate of drug-likeness (QED) is 0.497. The molecule has 0 radical (unpaired) electrons.